The second-order valence-electron chi connectivity index (χ2n) is 4.60. The minimum absolute atomic E-state index is 0.00922. The number of pyridine rings is 1. The number of amides is 1. The van der Waals surface area contributed by atoms with E-state index in [4.69, 9.17) is 22.1 Å². The van der Waals surface area contributed by atoms with Gasteiger partial charge in [0.05, 0.1) is 15.9 Å². The van der Waals surface area contributed by atoms with Crippen molar-refractivity contribution in [2.24, 2.45) is 5.73 Å². The summed E-state index contributed by atoms with van der Waals surface area (Å²) in [4.78, 5) is 35.4. The number of benzene rings is 1. The highest BCUT2D eigenvalue weighted by molar-refractivity contribution is 6.32. The number of nitrogens with zero attached hydrogens (tertiary/aromatic N) is 3. The molecule has 0 radical (unpaired) electrons. The maximum absolute atomic E-state index is 11.5. The fourth-order valence-electron chi connectivity index (χ4n) is 1.80. The first-order chi connectivity index (χ1) is 11.2. The maximum Gasteiger partial charge on any atom is 0.291 e. The van der Waals surface area contributed by atoms with Crippen molar-refractivity contribution >= 4 is 28.9 Å². The molecule has 124 valence electrons. The van der Waals surface area contributed by atoms with E-state index in [1.165, 1.54) is 6.07 Å². The third kappa shape index (κ3) is 3.38. The van der Waals surface area contributed by atoms with E-state index >= 15 is 0 Å². The van der Waals surface area contributed by atoms with Gasteiger partial charge in [0.2, 0.25) is 5.88 Å². The van der Waals surface area contributed by atoms with Crippen LogP contribution in [0.25, 0.3) is 0 Å². The molecule has 0 aliphatic heterocycles. The predicted molar refractivity (Wildman–Crippen MR) is 82.3 cm³/mol. The van der Waals surface area contributed by atoms with Gasteiger partial charge in [-0.2, -0.15) is 0 Å². The van der Waals surface area contributed by atoms with Crippen LogP contribution >= 0.6 is 11.6 Å². The topological polar surface area (TPSA) is 151 Å². The lowest BCUT2D eigenvalue weighted by molar-refractivity contribution is -0.385. The van der Waals surface area contributed by atoms with Crippen LogP contribution in [0, 0.1) is 27.2 Å². The van der Waals surface area contributed by atoms with Crippen LogP contribution in [-0.2, 0) is 0 Å². The Labute approximate surface area is 139 Å². The molecule has 11 heteroatoms. The predicted octanol–water partition coefficient (Wildman–Crippen LogP) is 2.75. The van der Waals surface area contributed by atoms with Crippen molar-refractivity contribution in [3.8, 4) is 11.6 Å². The van der Waals surface area contributed by atoms with E-state index in [0.29, 0.717) is 5.56 Å². The number of primary amides is 1. The summed E-state index contributed by atoms with van der Waals surface area (Å²) in [5.74, 6) is -1.30. The number of nitro groups is 2. The number of rotatable bonds is 5. The van der Waals surface area contributed by atoms with Crippen LogP contribution in [-0.4, -0.2) is 20.7 Å². The minimum atomic E-state index is -0.998. The molecule has 0 atom stereocenters. The Morgan fingerprint density at radius 3 is 2.46 bits per heavy atom. The molecule has 10 nitrogen and oxygen atoms in total. The van der Waals surface area contributed by atoms with Crippen molar-refractivity contribution in [3.05, 3.63) is 60.8 Å². The zero-order chi connectivity index (χ0) is 18.0. The van der Waals surface area contributed by atoms with Gasteiger partial charge in [-0.15, -0.1) is 0 Å². The Morgan fingerprint density at radius 2 is 1.92 bits per heavy atom. The molecule has 2 rings (SSSR count). The molecule has 2 aromatic rings. The molecule has 0 saturated heterocycles. The number of hydrogen-bond acceptors (Lipinski definition) is 7. The molecule has 0 spiro atoms. The van der Waals surface area contributed by atoms with Gasteiger partial charge in [0.15, 0.2) is 0 Å². The van der Waals surface area contributed by atoms with E-state index in [1.54, 1.807) is 6.92 Å². The summed E-state index contributed by atoms with van der Waals surface area (Å²) in [6.07, 6.45) is 0.876. The molecular weight excluding hydrogens is 344 g/mol. The average Bonchev–Trinajstić information content (AvgIpc) is 2.49. The molecule has 0 unspecified atom stereocenters. The lowest BCUT2D eigenvalue weighted by Gasteiger charge is -2.10. The number of nitro benzene ring substituents is 1. The number of aryl methyl sites for hydroxylation is 1. The molecule has 0 aliphatic rings. The number of nitrogens with two attached hydrogens (primary N) is 1. The number of carbonyl (C=O) groups excluding carboxylic acids is 1. The van der Waals surface area contributed by atoms with Gasteiger partial charge < -0.3 is 10.5 Å². The molecule has 0 saturated carbocycles. The Kier molecular flexibility index (Phi) is 4.60. The standard InChI is InChI=1S/C13H9ClN4O6/c1-6-2-9(14)10(18(22)23)4-11(6)24-13-8(12(15)19)3-7(5-16-13)17(20)21/h2-5H,1H3,(H2,15,19). The van der Waals surface area contributed by atoms with Crippen LogP contribution in [0.5, 0.6) is 11.6 Å². The van der Waals surface area contributed by atoms with E-state index in [1.807, 2.05) is 0 Å². The Balaban J connectivity index is 2.52. The van der Waals surface area contributed by atoms with Crippen LogP contribution in [0.4, 0.5) is 11.4 Å². The summed E-state index contributed by atoms with van der Waals surface area (Å²) >= 11 is 5.77. The fraction of sp³-hybridized carbons (Fsp3) is 0.0769. The average molecular weight is 353 g/mol. The first kappa shape index (κ1) is 17.1. The molecule has 1 aromatic heterocycles. The third-order valence-electron chi connectivity index (χ3n) is 2.96. The van der Waals surface area contributed by atoms with E-state index in [0.717, 1.165) is 18.3 Å². The second kappa shape index (κ2) is 6.46. The summed E-state index contributed by atoms with van der Waals surface area (Å²) < 4.78 is 5.38. The van der Waals surface area contributed by atoms with E-state index in [2.05, 4.69) is 4.98 Å². The molecule has 0 bridgehead atoms. The van der Waals surface area contributed by atoms with Crippen LogP contribution in [0.3, 0.4) is 0 Å². The lowest BCUT2D eigenvalue weighted by Crippen LogP contribution is -2.13. The van der Waals surface area contributed by atoms with Crippen molar-refractivity contribution in [2.45, 2.75) is 6.92 Å². The molecule has 1 aromatic carbocycles. The van der Waals surface area contributed by atoms with Gasteiger partial charge in [-0.25, -0.2) is 4.98 Å². The molecule has 0 aliphatic carbocycles. The Bertz CT molecular complexity index is 870. The van der Waals surface area contributed by atoms with Gasteiger partial charge in [-0.3, -0.25) is 25.0 Å². The summed E-state index contributed by atoms with van der Waals surface area (Å²) in [6.45, 7) is 1.57. The second-order valence-corrected chi connectivity index (χ2v) is 5.00. The number of ether oxygens (including phenoxy) is 1. The normalized spacial score (nSPS) is 10.2. The van der Waals surface area contributed by atoms with Gasteiger partial charge >= 0.3 is 0 Å². The van der Waals surface area contributed by atoms with Crippen molar-refractivity contribution in [1.82, 2.24) is 4.98 Å². The van der Waals surface area contributed by atoms with Crippen LogP contribution in [0.1, 0.15) is 15.9 Å². The van der Waals surface area contributed by atoms with Gasteiger partial charge in [-0.05, 0) is 18.6 Å². The van der Waals surface area contributed by atoms with Gasteiger partial charge in [0.25, 0.3) is 17.3 Å². The first-order valence-corrected chi connectivity index (χ1v) is 6.65. The fourth-order valence-corrected chi connectivity index (χ4v) is 2.08. The van der Waals surface area contributed by atoms with Gasteiger partial charge in [0.1, 0.15) is 22.5 Å². The zero-order valence-electron chi connectivity index (χ0n) is 12.1. The summed E-state index contributed by atoms with van der Waals surface area (Å²) in [5, 5.41) is 21.6. The molecule has 2 N–H and O–H groups in total. The zero-order valence-corrected chi connectivity index (χ0v) is 12.8. The van der Waals surface area contributed by atoms with Crippen LogP contribution < -0.4 is 10.5 Å². The summed E-state index contributed by atoms with van der Waals surface area (Å²) in [5.41, 5.74) is 4.41. The lowest BCUT2D eigenvalue weighted by atomic mass is 10.2. The van der Waals surface area contributed by atoms with Crippen LogP contribution in [0.15, 0.2) is 24.4 Å². The van der Waals surface area contributed by atoms with E-state index in [-0.39, 0.29) is 22.2 Å². The van der Waals surface area contributed by atoms with Crippen LogP contribution in [0.2, 0.25) is 5.02 Å². The van der Waals surface area contributed by atoms with Crippen molar-refractivity contribution in [1.29, 1.82) is 0 Å². The van der Waals surface area contributed by atoms with Crippen molar-refractivity contribution in [2.75, 3.05) is 0 Å². The Hall–Kier alpha value is -3.27. The largest absolute Gasteiger partial charge is 0.438 e. The number of aromatic nitrogens is 1. The molecule has 1 amide bonds. The van der Waals surface area contributed by atoms with E-state index < -0.39 is 27.1 Å². The van der Waals surface area contributed by atoms with E-state index in [9.17, 15) is 25.0 Å². The number of halogens is 1. The van der Waals surface area contributed by atoms with Crippen molar-refractivity contribution < 1.29 is 19.4 Å². The highest BCUT2D eigenvalue weighted by atomic mass is 35.5. The quantitative estimate of drug-likeness (QED) is 0.641. The first-order valence-electron chi connectivity index (χ1n) is 6.27. The summed E-state index contributed by atoms with van der Waals surface area (Å²) in [6, 6.07) is 3.28. The van der Waals surface area contributed by atoms with Crippen molar-refractivity contribution in [3.63, 3.8) is 0 Å². The smallest absolute Gasteiger partial charge is 0.291 e. The molecule has 0 fully saturated rings. The summed E-state index contributed by atoms with van der Waals surface area (Å²) in [7, 11) is 0. The number of carbonyl (C=O) groups is 1. The SMILES string of the molecule is Cc1cc(Cl)c([N+](=O)[O-])cc1Oc1ncc([N+](=O)[O-])cc1C(N)=O. The van der Waals surface area contributed by atoms with Gasteiger partial charge in [-0.1, -0.05) is 11.6 Å². The highest BCUT2D eigenvalue weighted by Gasteiger charge is 2.21. The monoisotopic (exact) mass is 352 g/mol. The maximum atomic E-state index is 11.5. The Morgan fingerprint density at radius 1 is 1.25 bits per heavy atom. The molecular formula is C13H9ClN4O6. The molecule has 24 heavy (non-hydrogen) atoms. The number of hydrogen-bond donors (Lipinski definition) is 1. The molecule has 1 heterocycles. The highest BCUT2D eigenvalue weighted by Crippen LogP contribution is 2.35. The minimum Gasteiger partial charge on any atom is -0.438 e. The third-order valence-corrected chi connectivity index (χ3v) is 3.26. The van der Waals surface area contributed by atoms with Gasteiger partial charge in [0, 0.05) is 6.07 Å².